The molecule has 0 saturated carbocycles. The molecular weight excluding hydrogens is 472 g/mol. The molecule has 1 nitrogen and oxygen atoms in total. The summed E-state index contributed by atoms with van der Waals surface area (Å²) >= 11 is 7.37. The molecule has 0 saturated heterocycles. The van der Waals surface area contributed by atoms with Gasteiger partial charge in [0, 0.05) is 22.0 Å². The minimum Gasteiger partial charge on any atom is -0.312 e. The zero-order chi connectivity index (χ0) is 23.1. The Kier molecular flexibility index (Phi) is 6.11. The molecule has 3 aromatic carbocycles. The molecule has 0 spiro atoms. The molecule has 0 bridgehead atoms. The van der Waals surface area contributed by atoms with Crippen molar-refractivity contribution < 1.29 is 26.3 Å². The van der Waals surface area contributed by atoms with E-state index in [1.165, 1.54) is 24.1 Å². The van der Waals surface area contributed by atoms with Crippen molar-refractivity contribution in [1.82, 2.24) is 0 Å². The molecule has 1 aliphatic rings. The molecule has 0 N–H and O–H groups in total. The Bertz CT molecular complexity index is 1140. The van der Waals surface area contributed by atoms with Gasteiger partial charge in [-0.1, -0.05) is 29.8 Å². The maximum Gasteiger partial charge on any atom is 0.416 e. The van der Waals surface area contributed by atoms with E-state index in [2.05, 4.69) is 0 Å². The summed E-state index contributed by atoms with van der Waals surface area (Å²) in [7, 11) is 0. The molecule has 32 heavy (non-hydrogen) atoms. The van der Waals surface area contributed by atoms with E-state index >= 15 is 0 Å². The van der Waals surface area contributed by atoms with Crippen LogP contribution in [0.25, 0.3) is 11.1 Å². The summed E-state index contributed by atoms with van der Waals surface area (Å²) in [4.78, 5) is 0.426. The first kappa shape index (κ1) is 22.9. The monoisotopic (exact) mass is 487 g/mol. The van der Waals surface area contributed by atoms with Gasteiger partial charge in [-0.3, -0.25) is 0 Å². The number of hydrogen-bond donors (Lipinski definition) is 0. The van der Waals surface area contributed by atoms with Crippen molar-refractivity contribution in [2.24, 2.45) is 0 Å². The second kappa shape index (κ2) is 8.56. The highest BCUT2D eigenvalue weighted by Gasteiger charge is 2.32. The fourth-order valence-corrected chi connectivity index (χ4v) is 4.87. The van der Waals surface area contributed by atoms with Crippen LogP contribution >= 0.6 is 23.5 Å². The van der Waals surface area contributed by atoms with Crippen molar-refractivity contribution in [3.8, 4) is 11.1 Å². The Labute approximate surface area is 190 Å². The highest BCUT2D eigenvalue weighted by Crippen LogP contribution is 2.42. The van der Waals surface area contributed by atoms with Gasteiger partial charge in [-0.2, -0.15) is 26.3 Å². The number of benzene rings is 3. The van der Waals surface area contributed by atoms with Crippen LogP contribution in [0, 0.1) is 0 Å². The first-order chi connectivity index (χ1) is 15.0. The van der Waals surface area contributed by atoms with Gasteiger partial charge in [0.05, 0.1) is 16.8 Å². The molecule has 0 aliphatic carbocycles. The molecule has 0 unspecified atom stereocenters. The Balaban J connectivity index is 1.70. The van der Waals surface area contributed by atoms with Crippen molar-refractivity contribution in [2.75, 3.05) is 10.8 Å². The Morgan fingerprint density at radius 3 is 2.25 bits per heavy atom. The maximum absolute atomic E-state index is 13.2. The van der Waals surface area contributed by atoms with Crippen molar-refractivity contribution in [3.63, 3.8) is 0 Å². The Hall–Kier alpha value is -2.32. The van der Waals surface area contributed by atoms with Crippen LogP contribution in [0.5, 0.6) is 0 Å². The van der Waals surface area contributed by atoms with E-state index in [1.54, 1.807) is 18.2 Å². The van der Waals surface area contributed by atoms with Crippen LogP contribution in [0.4, 0.5) is 32.0 Å². The fourth-order valence-electron chi connectivity index (χ4n) is 3.58. The van der Waals surface area contributed by atoms with Crippen molar-refractivity contribution >= 4 is 29.2 Å². The van der Waals surface area contributed by atoms with Crippen LogP contribution in [0.3, 0.4) is 0 Å². The molecule has 1 aliphatic heterocycles. The summed E-state index contributed by atoms with van der Waals surface area (Å²) in [6, 6.07) is 13.5. The van der Waals surface area contributed by atoms with Crippen LogP contribution in [0.2, 0.25) is 5.02 Å². The average molecular weight is 488 g/mol. The third-order valence-corrected chi connectivity index (χ3v) is 6.54. The third-order valence-electron chi connectivity index (χ3n) is 5.14. The van der Waals surface area contributed by atoms with Crippen LogP contribution in [-0.4, -0.2) is 6.54 Å². The highest BCUT2D eigenvalue weighted by atomic mass is 35.5. The van der Waals surface area contributed by atoms with Gasteiger partial charge >= 0.3 is 12.4 Å². The zero-order valence-corrected chi connectivity index (χ0v) is 18.0. The van der Waals surface area contributed by atoms with Gasteiger partial charge < -0.3 is 4.31 Å². The van der Waals surface area contributed by atoms with E-state index in [0.29, 0.717) is 17.0 Å². The van der Waals surface area contributed by atoms with E-state index in [-0.39, 0.29) is 10.6 Å². The summed E-state index contributed by atoms with van der Waals surface area (Å²) in [5.74, 6) is 0. The minimum absolute atomic E-state index is 0.186. The number of anilines is 1. The molecule has 168 valence electrons. The van der Waals surface area contributed by atoms with Gasteiger partial charge in [-0.15, -0.1) is 0 Å². The first-order valence-corrected chi connectivity index (χ1v) is 10.8. The Morgan fingerprint density at radius 1 is 0.812 bits per heavy atom. The molecule has 3 aromatic rings. The maximum atomic E-state index is 13.2. The quantitative estimate of drug-likeness (QED) is 0.269. The van der Waals surface area contributed by atoms with Gasteiger partial charge in [-0.25, -0.2) is 0 Å². The summed E-state index contributed by atoms with van der Waals surface area (Å²) < 4.78 is 80.6. The van der Waals surface area contributed by atoms with Gasteiger partial charge in [0.2, 0.25) is 0 Å². The molecule has 1 heterocycles. The molecule has 4 rings (SSSR count). The van der Waals surface area contributed by atoms with Crippen LogP contribution < -0.4 is 4.31 Å². The second-order valence-electron chi connectivity index (χ2n) is 7.36. The second-order valence-corrected chi connectivity index (χ2v) is 8.86. The molecule has 0 atom stereocenters. The Morgan fingerprint density at radius 2 is 1.53 bits per heavy atom. The molecule has 0 aromatic heterocycles. The lowest BCUT2D eigenvalue weighted by molar-refractivity contribution is -0.138. The number of hydrogen-bond acceptors (Lipinski definition) is 2. The van der Waals surface area contributed by atoms with E-state index in [9.17, 15) is 26.3 Å². The van der Waals surface area contributed by atoms with Crippen molar-refractivity contribution in [2.45, 2.75) is 30.1 Å². The third kappa shape index (κ3) is 4.86. The average Bonchev–Trinajstić information content (AvgIpc) is 2.73. The number of rotatable bonds is 3. The van der Waals surface area contributed by atoms with Crippen molar-refractivity contribution in [1.29, 1.82) is 0 Å². The number of fused-ring (bicyclic) bond motifs is 1. The lowest BCUT2D eigenvalue weighted by Crippen LogP contribution is -2.22. The highest BCUT2D eigenvalue weighted by molar-refractivity contribution is 8.00. The summed E-state index contributed by atoms with van der Waals surface area (Å²) in [5.41, 5.74) is 0.955. The first-order valence-electron chi connectivity index (χ1n) is 9.65. The van der Waals surface area contributed by atoms with Gasteiger partial charge in [0.1, 0.15) is 0 Å². The predicted molar refractivity (Wildman–Crippen MR) is 115 cm³/mol. The topological polar surface area (TPSA) is 3.24 Å². The van der Waals surface area contributed by atoms with Crippen LogP contribution in [0.15, 0.2) is 65.6 Å². The largest absolute Gasteiger partial charge is 0.416 e. The smallest absolute Gasteiger partial charge is 0.312 e. The van der Waals surface area contributed by atoms with Crippen molar-refractivity contribution in [3.05, 3.63) is 82.4 Å². The zero-order valence-electron chi connectivity index (χ0n) is 16.4. The lowest BCUT2D eigenvalue weighted by Gasteiger charge is -2.30. The predicted octanol–water partition coefficient (Wildman–Crippen LogP) is 8.50. The van der Waals surface area contributed by atoms with Crippen LogP contribution in [0.1, 0.15) is 23.1 Å². The van der Waals surface area contributed by atoms with E-state index in [0.717, 1.165) is 48.4 Å². The van der Waals surface area contributed by atoms with E-state index < -0.39 is 23.5 Å². The van der Waals surface area contributed by atoms with Gasteiger partial charge in [0.25, 0.3) is 0 Å². The fraction of sp³-hybridized carbons (Fsp3) is 0.217. The lowest BCUT2D eigenvalue weighted by atomic mass is 9.97. The minimum atomic E-state index is -4.50. The van der Waals surface area contributed by atoms with E-state index in [4.69, 9.17) is 11.6 Å². The molecule has 9 heteroatoms. The number of alkyl halides is 6. The number of nitrogens with zero attached hydrogens (tertiary/aromatic N) is 1. The summed E-state index contributed by atoms with van der Waals surface area (Å²) in [5, 5.41) is 0.186. The number of aryl methyl sites for hydroxylation is 1. The van der Waals surface area contributed by atoms with Crippen LogP contribution in [-0.2, 0) is 18.8 Å². The SMILES string of the molecule is FC(F)(F)c1cccc(SN2CCCc3ccc(-c4cc(C(F)(F)F)ccc4Cl)cc32)c1. The standard InChI is InChI=1S/C23H16ClF6NS/c24-20-9-8-17(23(28,29)30)13-19(20)15-7-6-14-3-2-10-31(21(14)11-15)32-18-5-1-4-16(12-18)22(25,26)27/h1,4-9,11-13H,2-3,10H2. The van der Waals surface area contributed by atoms with Gasteiger partial charge in [0.15, 0.2) is 0 Å². The molecule has 0 radical (unpaired) electrons. The molecule has 0 amide bonds. The normalized spacial score (nSPS) is 14.4. The molecule has 0 fully saturated rings. The number of halogens is 7. The summed E-state index contributed by atoms with van der Waals surface area (Å²) in [6.07, 6.45) is -7.36. The van der Waals surface area contributed by atoms with E-state index in [1.807, 2.05) is 10.4 Å². The van der Waals surface area contributed by atoms with Gasteiger partial charge in [-0.05, 0) is 78.4 Å². The summed E-state index contributed by atoms with van der Waals surface area (Å²) in [6.45, 7) is 0.591. The molecular formula is C23H16ClF6NS.